The lowest BCUT2D eigenvalue weighted by Gasteiger charge is -2.09. The lowest BCUT2D eigenvalue weighted by molar-refractivity contribution is 0.0486. The molecule has 0 aliphatic carbocycles. The predicted octanol–water partition coefficient (Wildman–Crippen LogP) is 3.14. The van der Waals surface area contributed by atoms with Crippen LogP contribution in [0.1, 0.15) is 11.7 Å². The Kier molecular flexibility index (Phi) is 3.50. The molecule has 114 valence electrons. The molecular formula is C17H14N4O2. The zero-order chi connectivity index (χ0) is 15.5. The van der Waals surface area contributed by atoms with E-state index in [0.29, 0.717) is 0 Å². The van der Waals surface area contributed by atoms with Gasteiger partial charge < -0.3 is 4.74 Å². The van der Waals surface area contributed by atoms with Gasteiger partial charge in [-0.2, -0.15) is 5.10 Å². The number of hydrogen-bond acceptors (Lipinski definition) is 5. The van der Waals surface area contributed by atoms with Gasteiger partial charge in [0, 0.05) is 0 Å². The van der Waals surface area contributed by atoms with E-state index in [4.69, 9.17) is 9.57 Å². The van der Waals surface area contributed by atoms with E-state index in [1.165, 1.54) is 6.33 Å². The van der Waals surface area contributed by atoms with Crippen LogP contribution in [0.3, 0.4) is 0 Å². The second-order valence-corrected chi connectivity index (χ2v) is 5.02. The van der Waals surface area contributed by atoms with Gasteiger partial charge in [-0.15, -0.1) is 0 Å². The first-order valence-electron chi connectivity index (χ1n) is 7.20. The third kappa shape index (κ3) is 2.93. The average molecular weight is 306 g/mol. The molecular weight excluding hydrogens is 292 g/mol. The lowest BCUT2D eigenvalue weighted by Crippen LogP contribution is -2.12. The molecule has 1 N–H and O–H groups in total. The zero-order valence-corrected chi connectivity index (χ0v) is 12.2. The van der Waals surface area contributed by atoms with Crippen LogP contribution in [0.2, 0.25) is 0 Å². The lowest BCUT2D eigenvalue weighted by atomic mass is 10.1. The highest BCUT2D eigenvalue weighted by molar-refractivity contribution is 5.45. The Hall–Kier alpha value is -3.12. The number of hydrogen-bond donors (Lipinski definition) is 1. The van der Waals surface area contributed by atoms with E-state index >= 15 is 0 Å². The van der Waals surface area contributed by atoms with E-state index in [0.717, 1.165) is 22.9 Å². The SMILES string of the molecule is C1=C(n2cncn2)NO[C@H]1c1ccc(Oc2ccccc2)cc1. The second-order valence-electron chi connectivity index (χ2n) is 5.02. The van der Waals surface area contributed by atoms with Gasteiger partial charge in [0.25, 0.3) is 0 Å². The zero-order valence-electron chi connectivity index (χ0n) is 12.2. The smallest absolute Gasteiger partial charge is 0.152 e. The van der Waals surface area contributed by atoms with Crippen LogP contribution in [0.5, 0.6) is 11.5 Å². The van der Waals surface area contributed by atoms with E-state index in [2.05, 4.69) is 15.6 Å². The molecule has 23 heavy (non-hydrogen) atoms. The normalized spacial score (nSPS) is 16.7. The number of ether oxygens (including phenoxy) is 1. The molecule has 0 fully saturated rings. The minimum Gasteiger partial charge on any atom is -0.457 e. The summed E-state index contributed by atoms with van der Waals surface area (Å²) < 4.78 is 7.40. The second kappa shape index (κ2) is 5.94. The van der Waals surface area contributed by atoms with E-state index < -0.39 is 0 Å². The fraction of sp³-hybridized carbons (Fsp3) is 0.0588. The average Bonchev–Trinajstić information content (AvgIpc) is 3.28. The van der Waals surface area contributed by atoms with Gasteiger partial charge in [0.1, 0.15) is 30.3 Å². The van der Waals surface area contributed by atoms with Gasteiger partial charge in [-0.25, -0.2) is 15.1 Å². The van der Waals surface area contributed by atoms with Crippen molar-refractivity contribution >= 4 is 5.82 Å². The molecule has 6 heteroatoms. The van der Waals surface area contributed by atoms with Crippen LogP contribution in [0.4, 0.5) is 0 Å². The van der Waals surface area contributed by atoms with Gasteiger partial charge in [0.15, 0.2) is 5.82 Å². The largest absolute Gasteiger partial charge is 0.457 e. The Morgan fingerprint density at radius 2 is 1.78 bits per heavy atom. The van der Waals surface area contributed by atoms with Crippen LogP contribution in [-0.2, 0) is 4.84 Å². The highest BCUT2D eigenvalue weighted by Crippen LogP contribution is 2.28. The minimum atomic E-state index is -0.181. The molecule has 0 bridgehead atoms. The molecule has 1 aliphatic rings. The van der Waals surface area contributed by atoms with Gasteiger partial charge in [0.2, 0.25) is 0 Å². The number of rotatable bonds is 4. The van der Waals surface area contributed by atoms with Crippen molar-refractivity contribution in [1.29, 1.82) is 0 Å². The van der Waals surface area contributed by atoms with Crippen LogP contribution in [-0.4, -0.2) is 14.8 Å². The maximum atomic E-state index is 5.78. The molecule has 0 spiro atoms. The number of nitrogens with zero attached hydrogens (tertiary/aromatic N) is 3. The fourth-order valence-corrected chi connectivity index (χ4v) is 2.31. The molecule has 2 heterocycles. The topological polar surface area (TPSA) is 61.2 Å². The first-order chi connectivity index (χ1) is 11.4. The van der Waals surface area contributed by atoms with Gasteiger partial charge in [-0.3, -0.25) is 4.84 Å². The Morgan fingerprint density at radius 1 is 1.00 bits per heavy atom. The van der Waals surface area contributed by atoms with Gasteiger partial charge in [-0.1, -0.05) is 30.3 Å². The Morgan fingerprint density at radius 3 is 2.52 bits per heavy atom. The summed E-state index contributed by atoms with van der Waals surface area (Å²) in [5, 5.41) is 4.06. The third-order valence-corrected chi connectivity index (χ3v) is 3.45. The molecule has 1 aliphatic heterocycles. The van der Waals surface area contributed by atoms with Crippen LogP contribution in [0.15, 0.2) is 73.3 Å². The predicted molar refractivity (Wildman–Crippen MR) is 84.2 cm³/mol. The molecule has 3 aromatic rings. The molecule has 0 unspecified atom stereocenters. The van der Waals surface area contributed by atoms with Crippen molar-refractivity contribution in [2.24, 2.45) is 0 Å². The number of aromatic nitrogens is 3. The highest BCUT2D eigenvalue weighted by Gasteiger charge is 2.19. The van der Waals surface area contributed by atoms with Crippen molar-refractivity contribution in [2.45, 2.75) is 6.10 Å². The van der Waals surface area contributed by atoms with E-state index in [1.807, 2.05) is 60.7 Å². The molecule has 0 amide bonds. The highest BCUT2D eigenvalue weighted by atomic mass is 16.7. The molecule has 6 nitrogen and oxygen atoms in total. The van der Waals surface area contributed by atoms with Crippen molar-refractivity contribution < 1.29 is 9.57 Å². The maximum Gasteiger partial charge on any atom is 0.152 e. The summed E-state index contributed by atoms with van der Waals surface area (Å²) in [6.07, 6.45) is 4.86. The fourth-order valence-electron chi connectivity index (χ4n) is 2.31. The third-order valence-electron chi connectivity index (χ3n) is 3.45. The summed E-state index contributed by atoms with van der Waals surface area (Å²) in [7, 11) is 0. The van der Waals surface area contributed by atoms with Gasteiger partial charge in [-0.05, 0) is 35.9 Å². The van der Waals surface area contributed by atoms with Crippen molar-refractivity contribution in [1.82, 2.24) is 20.2 Å². The first-order valence-corrected chi connectivity index (χ1v) is 7.20. The summed E-state index contributed by atoms with van der Waals surface area (Å²) in [5.74, 6) is 2.34. The molecule has 1 atom stereocenters. The Labute approximate surface area is 133 Å². The standard InChI is InChI=1S/C17H14N4O2/c1-2-4-14(5-3-1)22-15-8-6-13(7-9-15)16-10-17(20-23-16)21-12-18-11-19-21/h1-12,16,20H/t16-/m1/s1. The summed E-state index contributed by atoms with van der Waals surface area (Å²) >= 11 is 0. The van der Waals surface area contributed by atoms with Crippen molar-refractivity contribution in [3.05, 3.63) is 78.9 Å². The van der Waals surface area contributed by atoms with Crippen molar-refractivity contribution in [2.75, 3.05) is 0 Å². The van der Waals surface area contributed by atoms with Gasteiger partial charge in [0.05, 0.1) is 0 Å². The number of para-hydroxylation sites is 1. The van der Waals surface area contributed by atoms with Gasteiger partial charge >= 0.3 is 0 Å². The Balaban J connectivity index is 1.48. The number of benzene rings is 2. The molecule has 0 saturated carbocycles. The van der Waals surface area contributed by atoms with Crippen LogP contribution in [0, 0.1) is 0 Å². The van der Waals surface area contributed by atoms with Crippen LogP contribution >= 0.6 is 0 Å². The van der Waals surface area contributed by atoms with E-state index in [9.17, 15) is 0 Å². The monoisotopic (exact) mass is 306 g/mol. The minimum absolute atomic E-state index is 0.181. The van der Waals surface area contributed by atoms with E-state index in [-0.39, 0.29) is 6.10 Å². The van der Waals surface area contributed by atoms with Crippen molar-refractivity contribution in [3.8, 4) is 11.5 Å². The first kappa shape index (κ1) is 13.5. The molecule has 1 aromatic heterocycles. The summed E-state index contributed by atoms with van der Waals surface area (Å²) in [6, 6.07) is 17.5. The maximum absolute atomic E-state index is 5.78. The molecule has 4 rings (SSSR count). The molecule has 0 radical (unpaired) electrons. The summed E-state index contributed by atoms with van der Waals surface area (Å²) in [6.45, 7) is 0. The molecule has 0 saturated heterocycles. The number of nitrogens with one attached hydrogen (secondary N) is 1. The van der Waals surface area contributed by atoms with Crippen LogP contribution < -0.4 is 10.2 Å². The van der Waals surface area contributed by atoms with E-state index in [1.54, 1.807) is 11.0 Å². The van der Waals surface area contributed by atoms with Crippen LogP contribution in [0.25, 0.3) is 5.82 Å². The number of hydroxylamine groups is 1. The van der Waals surface area contributed by atoms with Crippen molar-refractivity contribution in [3.63, 3.8) is 0 Å². The molecule has 2 aromatic carbocycles. The summed E-state index contributed by atoms with van der Waals surface area (Å²) in [5.41, 5.74) is 3.87. The summed E-state index contributed by atoms with van der Waals surface area (Å²) in [4.78, 5) is 9.48. The quantitative estimate of drug-likeness (QED) is 0.802. The Bertz CT molecular complexity index is 798.